The molecule has 0 saturated carbocycles. The lowest BCUT2D eigenvalue weighted by Crippen LogP contribution is -2.25. The maximum absolute atomic E-state index is 6.08. The van der Waals surface area contributed by atoms with Crippen LogP contribution in [0.25, 0.3) is 6.08 Å². The van der Waals surface area contributed by atoms with E-state index in [2.05, 4.69) is 42.2 Å². The van der Waals surface area contributed by atoms with Crippen LogP contribution in [0.2, 0.25) is 10.0 Å². The van der Waals surface area contributed by atoms with Crippen LogP contribution < -0.4 is 4.90 Å². The average molecular weight is 345 g/mol. The molecule has 0 fully saturated rings. The molecule has 0 atom stereocenters. The first-order valence-corrected chi connectivity index (χ1v) is 8.46. The summed E-state index contributed by atoms with van der Waals surface area (Å²) in [6.45, 7) is 4.89. The molecular formula is C19H18Cl2N2. The zero-order chi connectivity index (χ0) is 16.2. The summed E-state index contributed by atoms with van der Waals surface area (Å²) in [4.78, 5) is 7.11. The van der Waals surface area contributed by atoms with Gasteiger partial charge < -0.3 is 4.90 Å². The molecule has 2 aromatic rings. The fourth-order valence-electron chi connectivity index (χ4n) is 2.72. The summed E-state index contributed by atoms with van der Waals surface area (Å²) in [5.41, 5.74) is 4.42. The lowest BCUT2D eigenvalue weighted by Gasteiger charge is -2.22. The van der Waals surface area contributed by atoms with Gasteiger partial charge in [0.25, 0.3) is 0 Å². The van der Waals surface area contributed by atoms with E-state index in [0.717, 1.165) is 30.9 Å². The molecule has 1 aliphatic heterocycles. The van der Waals surface area contributed by atoms with Crippen molar-refractivity contribution >= 4 is 40.7 Å². The number of benzodiazepines with no additional fused rings is 1. The van der Waals surface area contributed by atoms with Crippen molar-refractivity contribution in [3.05, 3.63) is 69.7 Å². The molecule has 23 heavy (non-hydrogen) atoms. The molecule has 0 aliphatic carbocycles. The summed E-state index contributed by atoms with van der Waals surface area (Å²) in [6.07, 6.45) is 4.08. The Bertz CT molecular complexity index is 766. The summed E-state index contributed by atoms with van der Waals surface area (Å²) in [6, 6.07) is 14.0. The zero-order valence-electron chi connectivity index (χ0n) is 13.0. The standard InChI is InChI=1S/C19H18Cl2N2/c1-2-23-12-11-22-18(15-5-3-4-6-19(15)23)10-8-14-7-9-16(20)17(21)13-14/h3-10,13H,2,11-12H2,1H3/b10-8+. The van der Waals surface area contributed by atoms with Crippen LogP contribution in [0.3, 0.4) is 0 Å². The number of para-hydroxylation sites is 1. The van der Waals surface area contributed by atoms with Gasteiger partial charge in [0.15, 0.2) is 0 Å². The summed E-state index contributed by atoms with van der Waals surface area (Å²) in [5, 5.41) is 1.13. The lowest BCUT2D eigenvalue weighted by atomic mass is 10.1. The van der Waals surface area contributed by atoms with E-state index in [1.54, 1.807) is 0 Å². The third-order valence-electron chi connectivity index (χ3n) is 3.93. The van der Waals surface area contributed by atoms with Crippen molar-refractivity contribution in [2.75, 3.05) is 24.5 Å². The number of halogens is 2. The first-order chi connectivity index (χ1) is 11.2. The van der Waals surface area contributed by atoms with E-state index in [1.807, 2.05) is 24.3 Å². The van der Waals surface area contributed by atoms with Crippen molar-refractivity contribution < 1.29 is 0 Å². The number of benzene rings is 2. The first-order valence-electron chi connectivity index (χ1n) is 7.71. The molecule has 118 valence electrons. The van der Waals surface area contributed by atoms with Crippen molar-refractivity contribution in [2.24, 2.45) is 4.99 Å². The van der Waals surface area contributed by atoms with E-state index < -0.39 is 0 Å². The Labute approximate surface area is 147 Å². The smallest absolute Gasteiger partial charge is 0.0668 e. The molecule has 2 aromatic carbocycles. The molecule has 0 saturated heterocycles. The van der Waals surface area contributed by atoms with Gasteiger partial charge in [0.1, 0.15) is 0 Å². The van der Waals surface area contributed by atoms with Gasteiger partial charge in [0.2, 0.25) is 0 Å². The minimum atomic E-state index is 0.564. The van der Waals surface area contributed by atoms with Gasteiger partial charge in [-0.15, -0.1) is 0 Å². The molecule has 4 heteroatoms. The van der Waals surface area contributed by atoms with Crippen molar-refractivity contribution in [2.45, 2.75) is 6.92 Å². The van der Waals surface area contributed by atoms with Crippen LogP contribution in [-0.2, 0) is 0 Å². The van der Waals surface area contributed by atoms with Gasteiger partial charge in [0.05, 0.1) is 22.3 Å². The largest absolute Gasteiger partial charge is 0.369 e. The summed E-state index contributed by atoms with van der Waals surface area (Å²) < 4.78 is 0. The molecule has 1 aliphatic rings. The summed E-state index contributed by atoms with van der Waals surface area (Å²) in [7, 11) is 0. The van der Waals surface area contributed by atoms with Gasteiger partial charge in [-0.1, -0.05) is 53.5 Å². The molecule has 0 amide bonds. The average Bonchev–Trinajstić information content (AvgIpc) is 2.75. The fourth-order valence-corrected chi connectivity index (χ4v) is 3.03. The minimum Gasteiger partial charge on any atom is -0.369 e. The van der Waals surface area contributed by atoms with Crippen molar-refractivity contribution in [3.8, 4) is 0 Å². The summed E-state index contributed by atoms with van der Waals surface area (Å²) >= 11 is 12.0. The minimum absolute atomic E-state index is 0.564. The highest BCUT2D eigenvalue weighted by Crippen LogP contribution is 2.25. The number of aliphatic imine (C=N–C) groups is 1. The van der Waals surface area contributed by atoms with E-state index in [4.69, 9.17) is 28.2 Å². The second kappa shape index (κ2) is 7.20. The van der Waals surface area contributed by atoms with E-state index in [1.165, 1.54) is 11.3 Å². The molecule has 0 bridgehead atoms. The van der Waals surface area contributed by atoms with E-state index in [-0.39, 0.29) is 0 Å². The molecule has 0 unspecified atom stereocenters. The van der Waals surface area contributed by atoms with Crippen LogP contribution in [0.5, 0.6) is 0 Å². The third kappa shape index (κ3) is 3.60. The van der Waals surface area contributed by atoms with Gasteiger partial charge in [-0.2, -0.15) is 0 Å². The fraction of sp³-hybridized carbons (Fsp3) is 0.211. The molecule has 3 rings (SSSR count). The number of fused-ring (bicyclic) bond motifs is 1. The molecule has 2 nitrogen and oxygen atoms in total. The van der Waals surface area contributed by atoms with Gasteiger partial charge >= 0.3 is 0 Å². The number of hydrogen-bond acceptors (Lipinski definition) is 2. The number of hydrogen-bond donors (Lipinski definition) is 0. The second-order valence-corrected chi connectivity index (χ2v) is 6.19. The van der Waals surface area contributed by atoms with Crippen LogP contribution in [0.1, 0.15) is 18.1 Å². The number of likely N-dealkylation sites (N-methyl/N-ethyl adjacent to an activating group) is 1. The predicted molar refractivity (Wildman–Crippen MR) is 101 cm³/mol. The number of anilines is 1. The highest BCUT2D eigenvalue weighted by atomic mass is 35.5. The van der Waals surface area contributed by atoms with Crippen LogP contribution in [-0.4, -0.2) is 25.3 Å². The van der Waals surface area contributed by atoms with Gasteiger partial charge in [0, 0.05) is 24.3 Å². The first kappa shape index (κ1) is 16.1. The predicted octanol–water partition coefficient (Wildman–Crippen LogP) is 5.34. The Morgan fingerprint density at radius 2 is 1.91 bits per heavy atom. The van der Waals surface area contributed by atoms with Gasteiger partial charge in [-0.3, -0.25) is 4.99 Å². The third-order valence-corrected chi connectivity index (χ3v) is 4.67. The maximum Gasteiger partial charge on any atom is 0.0668 e. The maximum atomic E-state index is 6.08. The van der Waals surface area contributed by atoms with Crippen molar-refractivity contribution in [1.82, 2.24) is 0 Å². The quantitative estimate of drug-likeness (QED) is 0.734. The van der Waals surface area contributed by atoms with Gasteiger partial charge in [-0.25, -0.2) is 0 Å². The Hall–Kier alpha value is -1.77. The zero-order valence-corrected chi connectivity index (χ0v) is 14.5. The monoisotopic (exact) mass is 344 g/mol. The molecule has 0 N–H and O–H groups in total. The Morgan fingerprint density at radius 3 is 2.70 bits per heavy atom. The van der Waals surface area contributed by atoms with E-state index in [9.17, 15) is 0 Å². The highest BCUT2D eigenvalue weighted by Gasteiger charge is 2.15. The van der Waals surface area contributed by atoms with Gasteiger partial charge in [-0.05, 0) is 36.8 Å². The Morgan fingerprint density at radius 1 is 1.09 bits per heavy atom. The highest BCUT2D eigenvalue weighted by molar-refractivity contribution is 6.42. The lowest BCUT2D eigenvalue weighted by molar-refractivity contribution is 0.825. The number of nitrogens with zero attached hydrogens (tertiary/aromatic N) is 2. The molecule has 0 aromatic heterocycles. The summed E-state index contributed by atoms with van der Waals surface area (Å²) in [5.74, 6) is 0. The van der Waals surface area contributed by atoms with E-state index in [0.29, 0.717) is 10.0 Å². The van der Waals surface area contributed by atoms with Crippen LogP contribution in [0, 0.1) is 0 Å². The molecule has 0 spiro atoms. The van der Waals surface area contributed by atoms with Crippen molar-refractivity contribution in [1.29, 1.82) is 0 Å². The Kier molecular flexibility index (Phi) is 5.04. The number of rotatable bonds is 3. The van der Waals surface area contributed by atoms with Crippen LogP contribution >= 0.6 is 23.2 Å². The molecule has 0 radical (unpaired) electrons. The second-order valence-electron chi connectivity index (χ2n) is 5.37. The van der Waals surface area contributed by atoms with Crippen LogP contribution in [0.4, 0.5) is 5.69 Å². The Balaban J connectivity index is 1.94. The molecular weight excluding hydrogens is 327 g/mol. The number of allylic oxidation sites excluding steroid dienone is 1. The van der Waals surface area contributed by atoms with Crippen LogP contribution in [0.15, 0.2) is 53.5 Å². The van der Waals surface area contributed by atoms with Crippen molar-refractivity contribution in [3.63, 3.8) is 0 Å². The normalized spacial score (nSPS) is 14.6. The SMILES string of the molecule is CCN1CCN=C(/C=C/c2ccc(Cl)c(Cl)c2)c2ccccc21. The topological polar surface area (TPSA) is 15.6 Å². The van der Waals surface area contributed by atoms with E-state index >= 15 is 0 Å². The molecule has 1 heterocycles.